The van der Waals surface area contributed by atoms with Crippen molar-refractivity contribution in [2.24, 2.45) is 5.41 Å². The smallest absolute Gasteiger partial charge is 0.00406 e. The van der Waals surface area contributed by atoms with Gasteiger partial charge in [-0.3, -0.25) is 0 Å². The third-order valence-corrected chi connectivity index (χ3v) is 3.11. The van der Waals surface area contributed by atoms with E-state index in [4.69, 9.17) is 0 Å². The molecule has 1 heteroatoms. The lowest BCUT2D eigenvalue weighted by Gasteiger charge is -2.24. The lowest BCUT2D eigenvalue weighted by Crippen LogP contribution is -2.18. The summed E-state index contributed by atoms with van der Waals surface area (Å²) >= 11 is 0. The second-order valence-electron chi connectivity index (χ2n) is 3.91. The Morgan fingerprint density at radius 3 is 2.91 bits per heavy atom. The zero-order chi connectivity index (χ0) is 7.57. The minimum Gasteiger partial charge on any atom is -0.317 e. The van der Waals surface area contributed by atoms with Crippen molar-refractivity contribution in [2.45, 2.75) is 32.1 Å². The van der Waals surface area contributed by atoms with Gasteiger partial charge in [0.25, 0.3) is 0 Å². The molecule has 0 amide bonds. The number of nitrogens with one attached hydrogen (secondary N) is 1. The molecule has 1 unspecified atom stereocenters. The summed E-state index contributed by atoms with van der Waals surface area (Å²) < 4.78 is 0. The summed E-state index contributed by atoms with van der Waals surface area (Å²) in [5.74, 6) is 0. The SMILES string of the molecule is C1=CC2(CC1)CCCNCC2. The maximum atomic E-state index is 3.46. The molecule has 1 heterocycles. The van der Waals surface area contributed by atoms with Crippen molar-refractivity contribution >= 4 is 0 Å². The highest BCUT2D eigenvalue weighted by Gasteiger charge is 2.29. The fraction of sp³-hybridized carbons (Fsp3) is 0.800. The Kier molecular flexibility index (Phi) is 1.99. The van der Waals surface area contributed by atoms with Gasteiger partial charge in [-0.2, -0.15) is 0 Å². The van der Waals surface area contributed by atoms with E-state index in [1.165, 1.54) is 45.2 Å². The fourth-order valence-corrected chi connectivity index (χ4v) is 2.36. The van der Waals surface area contributed by atoms with Crippen molar-refractivity contribution < 1.29 is 0 Å². The summed E-state index contributed by atoms with van der Waals surface area (Å²) in [5.41, 5.74) is 0.615. The van der Waals surface area contributed by atoms with Crippen LogP contribution in [0.3, 0.4) is 0 Å². The maximum absolute atomic E-state index is 3.46. The first-order chi connectivity index (χ1) is 5.41. The van der Waals surface area contributed by atoms with E-state index in [0.717, 1.165) is 0 Å². The number of allylic oxidation sites excluding steroid dienone is 2. The van der Waals surface area contributed by atoms with E-state index in [1.807, 2.05) is 0 Å². The van der Waals surface area contributed by atoms with Crippen LogP contribution in [0, 0.1) is 5.41 Å². The average Bonchev–Trinajstić information content (AvgIpc) is 2.32. The zero-order valence-corrected chi connectivity index (χ0v) is 7.10. The summed E-state index contributed by atoms with van der Waals surface area (Å²) in [7, 11) is 0. The van der Waals surface area contributed by atoms with Gasteiger partial charge >= 0.3 is 0 Å². The Morgan fingerprint density at radius 1 is 1.09 bits per heavy atom. The molecule has 0 aromatic rings. The highest BCUT2D eigenvalue weighted by Crippen LogP contribution is 2.40. The molecule has 1 atom stereocenters. The Bertz CT molecular complexity index is 152. The molecule has 1 N–H and O–H groups in total. The maximum Gasteiger partial charge on any atom is -0.00406 e. The van der Waals surface area contributed by atoms with Crippen molar-refractivity contribution in [1.29, 1.82) is 0 Å². The van der Waals surface area contributed by atoms with Gasteiger partial charge in [0.15, 0.2) is 0 Å². The summed E-state index contributed by atoms with van der Waals surface area (Å²) in [6.07, 6.45) is 11.7. The minimum absolute atomic E-state index is 0.615. The molecule has 1 aliphatic carbocycles. The fourth-order valence-electron chi connectivity index (χ4n) is 2.36. The third-order valence-electron chi connectivity index (χ3n) is 3.11. The van der Waals surface area contributed by atoms with E-state index < -0.39 is 0 Å². The molecule has 2 aliphatic rings. The van der Waals surface area contributed by atoms with E-state index >= 15 is 0 Å². The van der Waals surface area contributed by atoms with Crippen LogP contribution < -0.4 is 5.32 Å². The predicted molar refractivity (Wildman–Crippen MR) is 47.5 cm³/mol. The first kappa shape index (κ1) is 7.35. The lowest BCUT2D eigenvalue weighted by molar-refractivity contribution is 0.333. The van der Waals surface area contributed by atoms with Crippen molar-refractivity contribution in [3.8, 4) is 0 Å². The van der Waals surface area contributed by atoms with Crippen molar-refractivity contribution in [3.63, 3.8) is 0 Å². The van der Waals surface area contributed by atoms with Gasteiger partial charge in [-0.15, -0.1) is 0 Å². The zero-order valence-electron chi connectivity index (χ0n) is 7.10. The summed E-state index contributed by atoms with van der Waals surface area (Å²) in [6, 6.07) is 0. The molecule has 0 aromatic heterocycles. The molecule has 1 fully saturated rings. The summed E-state index contributed by atoms with van der Waals surface area (Å²) in [5, 5.41) is 3.46. The van der Waals surface area contributed by atoms with Crippen LogP contribution in [0.1, 0.15) is 32.1 Å². The number of hydrogen-bond donors (Lipinski definition) is 1. The molecule has 0 bridgehead atoms. The largest absolute Gasteiger partial charge is 0.317 e. The van der Waals surface area contributed by atoms with E-state index in [0.29, 0.717) is 5.41 Å². The van der Waals surface area contributed by atoms with Gasteiger partial charge in [0.05, 0.1) is 0 Å². The van der Waals surface area contributed by atoms with Crippen LogP contribution in [0.4, 0.5) is 0 Å². The van der Waals surface area contributed by atoms with Gasteiger partial charge in [-0.25, -0.2) is 0 Å². The minimum atomic E-state index is 0.615. The lowest BCUT2D eigenvalue weighted by atomic mass is 9.80. The van der Waals surface area contributed by atoms with Gasteiger partial charge in [0.2, 0.25) is 0 Å². The molecule has 1 saturated heterocycles. The average molecular weight is 151 g/mol. The molecule has 11 heavy (non-hydrogen) atoms. The third kappa shape index (κ3) is 1.48. The Hall–Kier alpha value is -0.300. The van der Waals surface area contributed by atoms with E-state index in [1.54, 1.807) is 0 Å². The molecule has 62 valence electrons. The molecule has 0 aromatic carbocycles. The molecule has 0 radical (unpaired) electrons. The van der Waals surface area contributed by atoms with Crippen molar-refractivity contribution in [1.82, 2.24) is 5.32 Å². The number of rotatable bonds is 0. The van der Waals surface area contributed by atoms with Crippen LogP contribution in [0.15, 0.2) is 12.2 Å². The quantitative estimate of drug-likeness (QED) is 0.523. The van der Waals surface area contributed by atoms with Gasteiger partial charge in [0.1, 0.15) is 0 Å². The summed E-state index contributed by atoms with van der Waals surface area (Å²) in [4.78, 5) is 0. The van der Waals surface area contributed by atoms with E-state index in [-0.39, 0.29) is 0 Å². The second kappa shape index (κ2) is 2.98. The second-order valence-corrected chi connectivity index (χ2v) is 3.91. The molecular formula is C10H17N. The predicted octanol–water partition coefficient (Wildman–Crippen LogP) is 2.10. The highest BCUT2D eigenvalue weighted by atomic mass is 14.9. The Labute approximate surface area is 68.9 Å². The van der Waals surface area contributed by atoms with Crippen LogP contribution in [0.5, 0.6) is 0 Å². The van der Waals surface area contributed by atoms with Crippen molar-refractivity contribution in [2.75, 3.05) is 13.1 Å². The van der Waals surface area contributed by atoms with Crippen molar-refractivity contribution in [3.05, 3.63) is 12.2 Å². The van der Waals surface area contributed by atoms with Gasteiger partial charge in [0, 0.05) is 0 Å². The Morgan fingerprint density at radius 2 is 2.09 bits per heavy atom. The highest BCUT2D eigenvalue weighted by molar-refractivity contribution is 5.07. The number of hydrogen-bond acceptors (Lipinski definition) is 1. The van der Waals surface area contributed by atoms with E-state index in [2.05, 4.69) is 17.5 Å². The normalized spacial score (nSPS) is 37.8. The molecule has 0 saturated carbocycles. The first-order valence-electron chi connectivity index (χ1n) is 4.80. The van der Waals surface area contributed by atoms with Crippen LogP contribution in [-0.2, 0) is 0 Å². The van der Waals surface area contributed by atoms with Gasteiger partial charge in [-0.1, -0.05) is 12.2 Å². The molecule has 1 aliphatic heterocycles. The van der Waals surface area contributed by atoms with Crippen LogP contribution in [-0.4, -0.2) is 13.1 Å². The molecular weight excluding hydrogens is 134 g/mol. The molecule has 1 spiro atoms. The topological polar surface area (TPSA) is 12.0 Å². The van der Waals surface area contributed by atoms with E-state index in [9.17, 15) is 0 Å². The van der Waals surface area contributed by atoms with Gasteiger partial charge < -0.3 is 5.32 Å². The molecule has 2 rings (SSSR count). The standard InChI is InChI=1S/C10H17N/c1-2-5-10(4-1)6-3-8-11-9-7-10/h1,4,11H,2-3,5-9H2. The van der Waals surface area contributed by atoms with Gasteiger partial charge in [-0.05, 0) is 50.6 Å². The first-order valence-corrected chi connectivity index (χ1v) is 4.80. The van der Waals surface area contributed by atoms with Crippen LogP contribution in [0.2, 0.25) is 0 Å². The van der Waals surface area contributed by atoms with Crippen LogP contribution >= 0.6 is 0 Å². The molecule has 1 nitrogen and oxygen atoms in total. The Balaban J connectivity index is 2.03. The van der Waals surface area contributed by atoms with Crippen LogP contribution in [0.25, 0.3) is 0 Å². The summed E-state index contributed by atoms with van der Waals surface area (Å²) in [6.45, 7) is 2.46. The monoisotopic (exact) mass is 151 g/mol.